The van der Waals surface area contributed by atoms with Gasteiger partial charge in [0.15, 0.2) is 5.82 Å². The smallest absolute Gasteiger partial charge is 0.230 e. The summed E-state index contributed by atoms with van der Waals surface area (Å²) < 4.78 is 1.61. The van der Waals surface area contributed by atoms with Gasteiger partial charge in [-0.1, -0.05) is 86.7 Å². The molecule has 0 aliphatic carbocycles. The highest BCUT2D eigenvalue weighted by molar-refractivity contribution is 7.17. The third-order valence-electron chi connectivity index (χ3n) is 6.75. The zero-order valence-electron chi connectivity index (χ0n) is 20.2. The summed E-state index contributed by atoms with van der Waals surface area (Å²) in [5.74, 6) is 1.47. The number of aromatic nitrogens is 3. The van der Waals surface area contributed by atoms with Crippen LogP contribution in [-0.4, -0.2) is 55.7 Å². The van der Waals surface area contributed by atoms with Crippen molar-refractivity contribution in [1.29, 1.82) is 0 Å². The molecule has 1 aliphatic heterocycles. The van der Waals surface area contributed by atoms with E-state index >= 15 is 0 Å². The Morgan fingerprint density at radius 2 is 1.62 bits per heavy atom. The second kappa shape index (κ2) is 9.86. The van der Waals surface area contributed by atoms with Crippen molar-refractivity contribution in [3.05, 3.63) is 82.0 Å². The van der Waals surface area contributed by atoms with E-state index in [4.69, 9.17) is 0 Å². The number of hydrogen-bond acceptors (Lipinski definition) is 6. The van der Waals surface area contributed by atoms with Crippen LogP contribution >= 0.6 is 11.3 Å². The number of fused-ring (bicyclic) bond motifs is 1. The lowest BCUT2D eigenvalue weighted by molar-refractivity contribution is 0.105. The maximum Gasteiger partial charge on any atom is 0.230 e. The molecule has 1 atom stereocenters. The molecular weight excluding hydrogens is 442 g/mol. The lowest BCUT2D eigenvalue weighted by atomic mass is 9.97. The Morgan fingerprint density at radius 3 is 2.24 bits per heavy atom. The molecule has 2 aromatic carbocycles. The molecular formula is C27H33N5OS. The van der Waals surface area contributed by atoms with Crippen LogP contribution in [0.25, 0.3) is 4.96 Å². The molecule has 7 heteroatoms. The lowest BCUT2D eigenvalue weighted by Crippen LogP contribution is -2.47. The van der Waals surface area contributed by atoms with E-state index in [0.717, 1.165) is 54.8 Å². The standard InChI is InChI=1S/C27H33N5OS/c1-4-23-28-27-32(29-23)26(33)25(34-27)24(22-12-10-21(11-13-22)19(2)3)31-16-14-30(15-17-31)18-20-8-6-5-7-9-20/h5-13,19,24,33H,4,14-18H2,1-3H3. The maximum absolute atomic E-state index is 11.2. The minimum atomic E-state index is -0.0151. The van der Waals surface area contributed by atoms with Crippen LogP contribution in [0.1, 0.15) is 60.1 Å². The second-order valence-electron chi connectivity index (χ2n) is 9.39. The van der Waals surface area contributed by atoms with Gasteiger partial charge in [0.25, 0.3) is 0 Å². The Morgan fingerprint density at radius 1 is 0.941 bits per heavy atom. The molecule has 0 bridgehead atoms. The number of aryl methyl sites for hydroxylation is 1. The highest BCUT2D eigenvalue weighted by Gasteiger charge is 2.31. The minimum absolute atomic E-state index is 0.0151. The van der Waals surface area contributed by atoms with Crippen LogP contribution in [0.5, 0.6) is 5.88 Å². The van der Waals surface area contributed by atoms with Gasteiger partial charge in [-0.05, 0) is 22.6 Å². The largest absolute Gasteiger partial charge is 0.492 e. The first-order valence-corrected chi connectivity index (χ1v) is 13.0. The average Bonchev–Trinajstić information content (AvgIpc) is 3.40. The van der Waals surface area contributed by atoms with Crippen molar-refractivity contribution >= 4 is 16.3 Å². The van der Waals surface area contributed by atoms with Crippen LogP contribution in [0, 0.1) is 0 Å². The van der Waals surface area contributed by atoms with E-state index in [1.807, 2.05) is 6.92 Å². The number of benzene rings is 2. The van der Waals surface area contributed by atoms with Crippen molar-refractivity contribution in [2.24, 2.45) is 0 Å². The second-order valence-corrected chi connectivity index (χ2v) is 10.4. The number of aromatic hydroxyl groups is 1. The van der Waals surface area contributed by atoms with Crippen molar-refractivity contribution in [2.75, 3.05) is 26.2 Å². The van der Waals surface area contributed by atoms with E-state index in [1.165, 1.54) is 16.7 Å². The minimum Gasteiger partial charge on any atom is -0.492 e. The fourth-order valence-electron chi connectivity index (χ4n) is 4.73. The van der Waals surface area contributed by atoms with Gasteiger partial charge in [-0.15, -0.1) is 5.10 Å². The average molecular weight is 476 g/mol. The molecule has 4 aromatic rings. The zero-order chi connectivity index (χ0) is 23.7. The maximum atomic E-state index is 11.2. The van der Waals surface area contributed by atoms with Crippen LogP contribution < -0.4 is 0 Å². The summed E-state index contributed by atoms with van der Waals surface area (Å²) in [6.45, 7) is 11.3. The van der Waals surface area contributed by atoms with E-state index in [-0.39, 0.29) is 11.9 Å². The Hall–Kier alpha value is -2.74. The quantitative estimate of drug-likeness (QED) is 0.404. The van der Waals surface area contributed by atoms with Gasteiger partial charge >= 0.3 is 0 Å². The van der Waals surface area contributed by atoms with Crippen LogP contribution in [0.4, 0.5) is 0 Å². The predicted octanol–water partition coefficient (Wildman–Crippen LogP) is 5.09. The molecule has 1 unspecified atom stereocenters. The summed E-state index contributed by atoms with van der Waals surface area (Å²) in [5, 5.41) is 15.7. The van der Waals surface area contributed by atoms with Crippen molar-refractivity contribution in [3.8, 4) is 5.88 Å². The molecule has 1 N–H and O–H groups in total. The van der Waals surface area contributed by atoms with E-state index in [2.05, 4.69) is 88.3 Å². The van der Waals surface area contributed by atoms with E-state index in [9.17, 15) is 5.11 Å². The van der Waals surface area contributed by atoms with Gasteiger partial charge in [0.2, 0.25) is 10.8 Å². The number of rotatable bonds is 7. The van der Waals surface area contributed by atoms with Crippen molar-refractivity contribution < 1.29 is 5.11 Å². The summed E-state index contributed by atoms with van der Waals surface area (Å²) in [5.41, 5.74) is 3.89. The fourth-order valence-corrected chi connectivity index (χ4v) is 5.87. The first kappa shape index (κ1) is 23.0. The molecule has 34 heavy (non-hydrogen) atoms. The highest BCUT2D eigenvalue weighted by atomic mass is 32.1. The molecule has 6 nitrogen and oxygen atoms in total. The summed E-state index contributed by atoms with van der Waals surface area (Å²) >= 11 is 1.55. The summed E-state index contributed by atoms with van der Waals surface area (Å²) in [6.07, 6.45) is 0.757. The molecule has 0 saturated carbocycles. The SMILES string of the molecule is CCc1nc2sc(C(c3ccc(C(C)C)cc3)N3CCN(Cc4ccccc4)CC3)c(O)n2n1. The van der Waals surface area contributed by atoms with Gasteiger partial charge in [0.1, 0.15) is 0 Å². The highest BCUT2D eigenvalue weighted by Crippen LogP contribution is 2.40. The van der Waals surface area contributed by atoms with E-state index in [0.29, 0.717) is 5.92 Å². The van der Waals surface area contributed by atoms with Gasteiger partial charge in [0.05, 0.1) is 10.9 Å². The molecule has 2 aromatic heterocycles. The molecule has 178 valence electrons. The molecule has 1 aliphatic rings. The monoisotopic (exact) mass is 475 g/mol. The van der Waals surface area contributed by atoms with E-state index < -0.39 is 0 Å². The van der Waals surface area contributed by atoms with Gasteiger partial charge in [-0.2, -0.15) is 4.52 Å². The fraction of sp³-hybridized carbons (Fsp3) is 0.407. The van der Waals surface area contributed by atoms with Gasteiger partial charge in [0, 0.05) is 39.1 Å². The topological polar surface area (TPSA) is 56.9 Å². The van der Waals surface area contributed by atoms with E-state index in [1.54, 1.807) is 15.9 Å². The number of thiazole rings is 1. The molecule has 1 fully saturated rings. The van der Waals surface area contributed by atoms with Crippen LogP contribution in [0.2, 0.25) is 0 Å². The van der Waals surface area contributed by atoms with Gasteiger partial charge in [-0.25, -0.2) is 4.98 Å². The summed E-state index contributed by atoms with van der Waals surface area (Å²) in [4.78, 5) is 11.3. The summed E-state index contributed by atoms with van der Waals surface area (Å²) in [6, 6.07) is 19.6. The van der Waals surface area contributed by atoms with Crippen molar-refractivity contribution in [3.63, 3.8) is 0 Å². The number of piperazine rings is 1. The Labute approximate surface area is 205 Å². The van der Waals surface area contributed by atoms with Gasteiger partial charge in [-0.3, -0.25) is 9.80 Å². The Bertz CT molecular complexity index is 1220. The molecule has 0 radical (unpaired) electrons. The Balaban J connectivity index is 1.43. The zero-order valence-corrected chi connectivity index (χ0v) is 21.0. The molecule has 0 amide bonds. The third-order valence-corrected chi connectivity index (χ3v) is 7.82. The number of nitrogens with zero attached hydrogens (tertiary/aromatic N) is 5. The van der Waals surface area contributed by atoms with Crippen LogP contribution in [0.15, 0.2) is 54.6 Å². The lowest BCUT2D eigenvalue weighted by Gasteiger charge is -2.39. The molecule has 1 saturated heterocycles. The van der Waals surface area contributed by atoms with Crippen LogP contribution in [0.3, 0.4) is 0 Å². The third kappa shape index (κ3) is 4.60. The van der Waals surface area contributed by atoms with Crippen LogP contribution in [-0.2, 0) is 13.0 Å². The first-order chi connectivity index (χ1) is 16.5. The Kier molecular flexibility index (Phi) is 6.68. The normalized spacial score (nSPS) is 16.5. The first-order valence-electron chi connectivity index (χ1n) is 12.2. The molecule has 0 spiro atoms. The molecule has 3 heterocycles. The van der Waals surface area contributed by atoms with Gasteiger partial charge < -0.3 is 5.11 Å². The molecule has 5 rings (SSSR count). The summed E-state index contributed by atoms with van der Waals surface area (Å²) in [7, 11) is 0. The van der Waals surface area contributed by atoms with Crippen molar-refractivity contribution in [2.45, 2.75) is 45.7 Å². The number of hydrogen-bond donors (Lipinski definition) is 1. The van der Waals surface area contributed by atoms with Crippen molar-refractivity contribution in [1.82, 2.24) is 24.4 Å². The predicted molar refractivity (Wildman–Crippen MR) is 138 cm³/mol.